The van der Waals surface area contributed by atoms with E-state index in [2.05, 4.69) is 5.32 Å². The van der Waals surface area contributed by atoms with Crippen molar-refractivity contribution < 1.29 is 22.8 Å². The molecule has 1 aliphatic rings. The molecule has 0 aromatic carbocycles. The van der Waals surface area contributed by atoms with E-state index in [1.54, 1.807) is 13.8 Å². The number of halogens is 3. The highest BCUT2D eigenvalue weighted by Gasteiger charge is 2.45. The Kier molecular flexibility index (Phi) is 4.44. The third kappa shape index (κ3) is 4.70. The molecule has 0 spiro atoms. The zero-order valence-corrected chi connectivity index (χ0v) is 10.8. The number of rotatable bonds is 3. The molecular weight excluding hydrogens is 263 g/mol. The Morgan fingerprint density at radius 1 is 1.42 bits per heavy atom. The van der Waals surface area contributed by atoms with Crippen LogP contribution in [0.1, 0.15) is 26.7 Å². The number of amides is 2. The van der Waals surface area contributed by atoms with Gasteiger partial charge in [0.2, 0.25) is 11.8 Å². The lowest BCUT2D eigenvalue weighted by Gasteiger charge is -2.30. The first kappa shape index (κ1) is 15.7. The number of nitrogens with two attached hydrogens (primary N) is 1. The zero-order valence-electron chi connectivity index (χ0n) is 10.8. The van der Waals surface area contributed by atoms with Gasteiger partial charge in [-0.15, -0.1) is 0 Å². The minimum absolute atomic E-state index is 0.118. The average molecular weight is 281 g/mol. The maximum absolute atomic E-state index is 12.4. The molecule has 2 amide bonds. The van der Waals surface area contributed by atoms with Crippen molar-refractivity contribution in [1.29, 1.82) is 0 Å². The van der Waals surface area contributed by atoms with Gasteiger partial charge in [0.15, 0.2) is 0 Å². The summed E-state index contributed by atoms with van der Waals surface area (Å²) in [7, 11) is 0. The summed E-state index contributed by atoms with van der Waals surface area (Å²) in [6.45, 7) is 3.53. The fraction of sp³-hybridized carbons (Fsp3) is 0.818. The third-order valence-corrected chi connectivity index (χ3v) is 2.81. The van der Waals surface area contributed by atoms with Gasteiger partial charge in [-0.2, -0.15) is 13.2 Å². The van der Waals surface area contributed by atoms with Crippen LogP contribution in [0.25, 0.3) is 0 Å². The predicted molar refractivity (Wildman–Crippen MR) is 62.0 cm³/mol. The molecule has 1 rings (SSSR count). The van der Waals surface area contributed by atoms with E-state index >= 15 is 0 Å². The first-order valence-corrected chi connectivity index (χ1v) is 5.94. The first-order chi connectivity index (χ1) is 8.50. The van der Waals surface area contributed by atoms with E-state index in [9.17, 15) is 22.8 Å². The Balaban J connectivity index is 2.54. The van der Waals surface area contributed by atoms with E-state index in [1.807, 2.05) is 5.32 Å². The molecule has 2 atom stereocenters. The molecule has 0 radical (unpaired) electrons. The fourth-order valence-corrected chi connectivity index (χ4v) is 1.74. The maximum Gasteiger partial charge on any atom is 0.408 e. The standard InChI is InChI=1S/C11H18F3N3O2/c1-10(2,15)5-16-8(18)6-3-4-7(11(12,13)14)17-9(6)19/h6-7H,3-5,15H2,1-2H3,(H,16,18)(H,17,19). The van der Waals surface area contributed by atoms with Gasteiger partial charge in [0.25, 0.3) is 0 Å². The van der Waals surface area contributed by atoms with E-state index in [1.165, 1.54) is 0 Å². The molecule has 0 saturated carbocycles. The minimum Gasteiger partial charge on any atom is -0.354 e. The van der Waals surface area contributed by atoms with Crippen molar-refractivity contribution in [2.45, 2.75) is 44.4 Å². The van der Waals surface area contributed by atoms with Gasteiger partial charge in [0.1, 0.15) is 12.0 Å². The predicted octanol–water partition coefficient (Wildman–Crippen LogP) is 0.297. The van der Waals surface area contributed by atoms with E-state index in [0.717, 1.165) is 0 Å². The number of nitrogens with one attached hydrogen (secondary N) is 2. The van der Waals surface area contributed by atoms with Crippen molar-refractivity contribution in [3.8, 4) is 0 Å². The molecule has 110 valence electrons. The smallest absolute Gasteiger partial charge is 0.354 e. The quantitative estimate of drug-likeness (QED) is 0.650. The van der Waals surface area contributed by atoms with Gasteiger partial charge in [0.05, 0.1) is 0 Å². The summed E-state index contributed by atoms with van der Waals surface area (Å²) in [5, 5.41) is 4.30. The lowest BCUT2D eigenvalue weighted by Crippen LogP contribution is -2.55. The molecule has 0 aliphatic carbocycles. The van der Waals surface area contributed by atoms with Crippen molar-refractivity contribution in [1.82, 2.24) is 10.6 Å². The van der Waals surface area contributed by atoms with Crippen molar-refractivity contribution in [3.05, 3.63) is 0 Å². The van der Waals surface area contributed by atoms with Gasteiger partial charge >= 0.3 is 6.18 Å². The Bertz CT molecular complexity index is 355. The molecular formula is C11H18F3N3O2. The average Bonchev–Trinajstić information content (AvgIpc) is 2.23. The summed E-state index contributed by atoms with van der Waals surface area (Å²) < 4.78 is 37.2. The number of hydrogen-bond acceptors (Lipinski definition) is 3. The second kappa shape index (κ2) is 5.36. The number of carbonyl (C=O) groups is 2. The number of alkyl halides is 3. The van der Waals surface area contributed by atoms with Crippen LogP contribution in [0.4, 0.5) is 13.2 Å². The Labute approximate surface area is 109 Å². The summed E-state index contributed by atoms with van der Waals surface area (Å²) in [5.74, 6) is -2.56. The van der Waals surface area contributed by atoms with Crippen molar-refractivity contribution in [3.63, 3.8) is 0 Å². The van der Waals surface area contributed by atoms with Crippen LogP contribution in [-0.4, -0.2) is 36.1 Å². The van der Waals surface area contributed by atoms with E-state index in [-0.39, 0.29) is 19.4 Å². The van der Waals surface area contributed by atoms with Crippen LogP contribution in [0, 0.1) is 5.92 Å². The van der Waals surface area contributed by atoms with Crippen LogP contribution < -0.4 is 16.4 Å². The van der Waals surface area contributed by atoms with Crippen molar-refractivity contribution >= 4 is 11.8 Å². The monoisotopic (exact) mass is 281 g/mol. The summed E-state index contributed by atoms with van der Waals surface area (Å²) in [5.41, 5.74) is 5.02. The Morgan fingerprint density at radius 2 is 2.00 bits per heavy atom. The molecule has 0 bridgehead atoms. The van der Waals surface area contributed by atoms with Gasteiger partial charge in [-0.05, 0) is 26.7 Å². The van der Waals surface area contributed by atoms with Crippen molar-refractivity contribution in [2.75, 3.05) is 6.54 Å². The Hall–Kier alpha value is -1.31. The van der Waals surface area contributed by atoms with Crippen LogP contribution in [0.2, 0.25) is 0 Å². The summed E-state index contributed by atoms with van der Waals surface area (Å²) in [6.07, 6.45) is -4.89. The molecule has 1 saturated heterocycles. The molecule has 2 unspecified atom stereocenters. The van der Waals surface area contributed by atoms with Gasteiger partial charge in [0, 0.05) is 12.1 Å². The molecule has 1 aliphatic heterocycles. The summed E-state index contributed by atoms with van der Waals surface area (Å²) >= 11 is 0. The topological polar surface area (TPSA) is 84.2 Å². The summed E-state index contributed by atoms with van der Waals surface area (Å²) in [6, 6.07) is -1.87. The van der Waals surface area contributed by atoms with Crippen LogP contribution in [0.3, 0.4) is 0 Å². The third-order valence-electron chi connectivity index (χ3n) is 2.81. The van der Waals surface area contributed by atoms with Crippen LogP contribution in [-0.2, 0) is 9.59 Å². The summed E-state index contributed by atoms with van der Waals surface area (Å²) in [4.78, 5) is 23.2. The molecule has 1 heterocycles. The first-order valence-electron chi connectivity index (χ1n) is 5.94. The highest BCUT2D eigenvalue weighted by molar-refractivity contribution is 6.00. The molecule has 8 heteroatoms. The van der Waals surface area contributed by atoms with Crippen LogP contribution in [0.5, 0.6) is 0 Å². The SMILES string of the molecule is CC(C)(N)CNC(=O)C1CCC(C(F)(F)F)NC1=O. The largest absolute Gasteiger partial charge is 0.408 e. The van der Waals surface area contributed by atoms with E-state index in [4.69, 9.17) is 5.73 Å². The number of carbonyl (C=O) groups excluding carboxylic acids is 2. The lowest BCUT2D eigenvalue weighted by atomic mass is 9.92. The minimum atomic E-state index is -4.48. The molecule has 1 fully saturated rings. The van der Waals surface area contributed by atoms with Gasteiger partial charge in [-0.25, -0.2) is 0 Å². The van der Waals surface area contributed by atoms with Crippen LogP contribution >= 0.6 is 0 Å². The highest BCUT2D eigenvalue weighted by atomic mass is 19.4. The highest BCUT2D eigenvalue weighted by Crippen LogP contribution is 2.28. The normalized spacial score (nSPS) is 24.8. The Morgan fingerprint density at radius 3 is 2.42 bits per heavy atom. The molecule has 0 aromatic heterocycles. The second-order valence-electron chi connectivity index (χ2n) is 5.44. The number of hydrogen-bond donors (Lipinski definition) is 3. The maximum atomic E-state index is 12.4. The molecule has 4 N–H and O–H groups in total. The van der Waals surface area contributed by atoms with E-state index < -0.39 is 35.5 Å². The van der Waals surface area contributed by atoms with E-state index in [0.29, 0.717) is 0 Å². The zero-order chi connectivity index (χ0) is 14.8. The molecule has 0 aromatic rings. The fourth-order valence-electron chi connectivity index (χ4n) is 1.74. The van der Waals surface area contributed by atoms with Gasteiger partial charge in [-0.1, -0.05) is 0 Å². The van der Waals surface area contributed by atoms with Gasteiger partial charge < -0.3 is 16.4 Å². The van der Waals surface area contributed by atoms with Crippen molar-refractivity contribution in [2.24, 2.45) is 11.7 Å². The molecule has 5 nitrogen and oxygen atoms in total. The lowest BCUT2D eigenvalue weighted by molar-refractivity contribution is -0.171. The molecule has 19 heavy (non-hydrogen) atoms. The van der Waals surface area contributed by atoms with Gasteiger partial charge in [-0.3, -0.25) is 9.59 Å². The number of piperidine rings is 1. The van der Waals surface area contributed by atoms with Crippen LogP contribution in [0.15, 0.2) is 0 Å². The second-order valence-corrected chi connectivity index (χ2v) is 5.44.